The summed E-state index contributed by atoms with van der Waals surface area (Å²) in [6, 6.07) is 6.83. The summed E-state index contributed by atoms with van der Waals surface area (Å²) in [7, 11) is 0. The molecule has 0 aliphatic heterocycles. The molecule has 18 heavy (non-hydrogen) atoms. The van der Waals surface area contributed by atoms with Gasteiger partial charge in [-0.3, -0.25) is 0 Å². The third-order valence-corrected chi connectivity index (χ3v) is 5.06. The van der Waals surface area contributed by atoms with E-state index in [4.69, 9.17) is 0 Å². The SMILES string of the molecule is OC(c1cc2ccc(F)cc2s1)C1CCCCC1. The third kappa shape index (κ3) is 2.29. The predicted octanol–water partition coefficient (Wildman–Crippen LogP) is 4.65. The summed E-state index contributed by atoms with van der Waals surface area (Å²) >= 11 is 1.52. The van der Waals surface area contributed by atoms with E-state index >= 15 is 0 Å². The molecule has 3 rings (SSSR count). The standard InChI is InChI=1S/C15H17FOS/c16-12-7-6-11-8-14(18-13(11)9-12)15(17)10-4-2-1-3-5-10/h6-10,15,17H,1-5H2. The molecule has 0 amide bonds. The van der Waals surface area contributed by atoms with Gasteiger partial charge in [-0.2, -0.15) is 0 Å². The van der Waals surface area contributed by atoms with E-state index in [1.54, 1.807) is 12.1 Å². The number of rotatable bonds is 2. The fourth-order valence-electron chi connectivity index (χ4n) is 2.85. The second kappa shape index (κ2) is 4.98. The van der Waals surface area contributed by atoms with Gasteiger partial charge < -0.3 is 5.11 Å². The van der Waals surface area contributed by atoms with Crippen LogP contribution < -0.4 is 0 Å². The Bertz CT molecular complexity index is 542. The Balaban J connectivity index is 1.88. The van der Waals surface area contributed by atoms with Gasteiger partial charge in [0, 0.05) is 9.58 Å². The van der Waals surface area contributed by atoms with Crippen LogP contribution in [0.5, 0.6) is 0 Å². The number of fused-ring (bicyclic) bond motifs is 1. The lowest BCUT2D eigenvalue weighted by Crippen LogP contribution is -2.14. The van der Waals surface area contributed by atoms with E-state index < -0.39 is 0 Å². The van der Waals surface area contributed by atoms with E-state index in [1.165, 1.54) is 36.7 Å². The van der Waals surface area contributed by atoms with Crippen molar-refractivity contribution < 1.29 is 9.50 Å². The van der Waals surface area contributed by atoms with Crippen LogP contribution >= 0.6 is 11.3 Å². The van der Waals surface area contributed by atoms with Crippen LogP contribution in [0.1, 0.15) is 43.1 Å². The molecule has 1 fully saturated rings. The first-order valence-corrected chi connectivity index (χ1v) is 7.43. The molecular formula is C15H17FOS. The van der Waals surface area contributed by atoms with Gasteiger partial charge in [-0.1, -0.05) is 25.3 Å². The largest absolute Gasteiger partial charge is 0.387 e. The Kier molecular flexibility index (Phi) is 3.35. The summed E-state index contributed by atoms with van der Waals surface area (Å²) < 4.78 is 14.1. The second-order valence-corrected chi connectivity index (χ2v) is 6.29. The molecule has 1 heterocycles. The van der Waals surface area contributed by atoms with E-state index in [1.807, 2.05) is 6.07 Å². The van der Waals surface area contributed by atoms with Gasteiger partial charge in [-0.25, -0.2) is 4.39 Å². The first-order valence-electron chi connectivity index (χ1n) is 6.61. The molecule has 1 atom stereocenters. The molecular weight excluding hydrogens is 247 g/mol. The highest BCUT2D eigenvalue weighted by atomic mass is 32.1. The first kappa shape index (κ1) is 12.1. The number of thiophene rings is 1. The Morgan fingerprint density at radius 3 is 2.72 bits per heavy atom. The van der Waals surface area contributed by atoms with Gasteiger partial charge in [0.15, 0.2) is 0 Å². The van der Waals surface area contributed by atoms with E-state index in [2.05, 4.69) is 0 Å². The molecule has 1 aliphatic carbocycles. The average molecular weight is 264 g/mol. The second-order valence-electron chi connectivity index (χ2n) is 5.17. The Morgan fingerprint density at radius 2 is 1.94 bits per heavy atom. The lowest BCUT2D eigenvalue weighted by Gasteiger charge is -2.25. The molecule has 0 saturated heterocycles. The Labute approximate surface area is 110 Å². The fourth-order valence-corrected chi connectivity index (χ4v) is 4.02. The lowest BCUT2D eigenvalue weighted by atomic mass is 9.85. The van der Waals surface area contributed by atoms with Gasteiger partial charge >= 0.3 is 0 Å². The van der Waals surface area contributed by atoms with E-state index in [0.717, 1.165) is 27.8 Å². The van der Waals surface area contributed by atoms with E-state index in [0.29, 0.717) is 5.92 Å². The van der Waals surface area contributed by atoms with Crippen LogP contribution in [0.2, 0.25) is 0 Å². The molecule has 1 aromatic carbocycles. The normalized spacial score (nSPS) is 19.2. The third-order valence-electron chi connectivity index (χ3n) is 3.89. The quantitative estimate of drug-likeness (QED) is 0.836. The molecule has 2 aromatic rings. The maximum absolute atomic E-state index is 13.1. The molecule has 0 radical (unpaired) electrons. The van der Waals surface area contributed by atoms with Gasteiger partial charge in [-0.05, 0) is 42.3 Å². The lowest BCUT2D eigenvalue weighted by molar-refractivity contribution is 0.0880. The zero-order valence-electron chi connectivity index (χ0n) is 10.2. The summed E-state index contributed by atoms with van der Waals surface area (Å²) in [5, 5.41) is 11.5. The summed E-state index contributed by atoms with van der Waals surface area (Å²) in [4.78, 5) is 0.988. The van der Waals surface area contributed by atoms with Crippen molar-refractivity contribution in [2.45, 2.75) is 38.2 Å². The number of halogens is 1. The maximum atomic E-state index is 13.1. The maximum Gasteiger partial charge on any atom is 0.124 e. The fraction of sp³-hybridized carbons (Fsp3) is 0.467. The molecule has 3 heteroatoms. The minimum absolute atomic E-state index is 0.206. The summed E-state index contributed by atoms with van der Waals surface area (Å²) in [6.07, 6.45) is 5.60. The van der Waals surface area contributed by atoms with Gasteiger partial charge in [0.2, 0.25) is 0 Å². The van der Waals surface area contributed by atoms with Crippen LogP contribution in [0.15, 0.2) is 24.3 Å². The molecule has 0 bridgehead atoms. The molecule has 1 aliphatic rings. The topological polar surface area (TPSA) is 20.2 Å². The van der Waals surface area contributed by atoms with Gasteiger partial charge in [0.1, 0.15) is 5.82 Å². The number of benzene rings is 1. The summed E-state index contributed by atoms with van der Waals surface area (Å²) in [6.45, 7) is 0. The highest BCUT2D eigenvalue weighted by molar-refractivity contribution is 7.19. The number of hydrogen-bond acceptors (Lipinski definition) is 2. The zero-order chi connectivity index (χ0) is 12.5. The molecule has 1 N–H and O–H groups in total. The highest BCUT2D eigenvalue weighted by Crippen LogP contribution is 2.39. The van der Waals surface area contributed by atoms with Crippen LogP contribution in [0, 0.1) is 11.7 Å². The predicted molar refractivity (Wildman–Crippen MR) is 73.3 cm³/mol. The number of hydrogen-bond donors (Lipinski definition) is 1. The monoisotopic (exact) mass is 264 g/mol. The molecule has 96 valence electrons. The highest BCUT2D eigenvalue weighted by Gasteiger charge is 2.24. The van der Waals surface area contributed by atoms with Crippen molar-refractivity contribution in [1.29, 1.82) is 0 Å². The van der Waals surface area contributed by atoms with Gasteiger partial charge in [-0.15, -0.1) is 11.3 Å². The average Bonchev–Trinajstić information content (AvgIpc) is 2.81. The minimum Gasteiger partial charge on any atom is -0.387 e. The van der Waals surface area contributed by atoms with Gasteiger partial charge in [0.05, 0.1) is 6.10 Å². The van der Waals surface area contributed by atoms with E-state index in [9.17, 15) is 9.50 Å². The number of aliphatic hydroxyl groups is 1. The van der Waals surface area contributed by atoms with Crippen molar-refractivity contribution >= 4 is 21.4 Å². The summed E-state index contributed by atoms with van der Waals surface area (Å²) in [5.41, 5.74) is 0. The zero-order valence-corrected chi connectivity index (χ0v) is 11.0. The van der Waals surface area contributed by atoms with Gasteiger partial charge in [0.25, 0.3) is 0 Å². The van der Waals surface area contributed by atoms with Crippen molar-refractivity contribution in [2.24, 2.45) is 5.92 Å². The van der Waals surface area contributed by atoms with Crippen LogP contribution in [0.25, 0.3) is 10.1 Å². The number of aliphatic hydroxyl groups excluding tert-OH is 1. The summed E-state index contributed by atoms with van der Waals surface area (Å²) in [5.74, 6) is 0.180. The Morgan fingerprint density at radius 1 is 1.17 bits per heavy atom. The molecule has 0 spiro atoms. The molecule has 1 aromatic heterocycles. The van der Waals surface area contributed by atoms with E-state index in [-0.39, 0.29) is 11.9 Å². The van der Waals surface area contributed by atoms with Crippen LogP contribution in [0.4, 0.5) is 4.39 Å². The van der Waals surface area contributed by atoms with Crippen molar-refractivity contribution in [2.75, 3.05) is 0 Å². The van der Waals surface area contributed by atoms with Crippen molar-refractivity contribution in [3.63, 3.8) is 0 Å². The van der Waals surface area contributed by atoms with Crippen molar-refractivity contribution in [3.05, 3.63) is 35.0 Å². The van der Waals surface area contributed by atoms with Crippen LogP contribution in [-0.4, -0.2) is 5.11 Å². The van der Waals surface area contributed by atoms with Crippen LogP contribution in [-0.2, 0) is 0 Å². The first-order chi connectivity index (χ1) is 8.74. The molecule has 1 saturated carbocycles. The smallest absolute Gasteiger partial charge is 0.124 e. The van der Waals surface area contributed by atoms with Crippen molar-refractivity contribution in [3.8, 4) is 0 Å². The van der Waals surface area contributed by atoms with Crippen LogP contribution in [0.3, 0.4) is 0 Å². The molecule has 1 unspecified atom stereocenters. The minimum atomic E-state index is -0.370. The Hall–Kier alpha value is -0.930. The molecule has 1 nitrogen and oxygen atoms in total. The van der Waals surface area contributed by atoms with Crippen molar-refractivity contribution in [1.82, 2.24) is 0 Å².